The molecular weight excluding hydrogens is 1740 g/mol. The van der Waals surface area contributed by atoms with Crippen molar-refractivity contribution >= 4 is 116 Å². The van der Waals surface area contributed by atoms with Gasteiger partial charge in [-0.3, -0.25) is 52.3 Å². The Kier molecular flexibility index (Phi) is 44.3. The number of hydrogen-bond acceptors (Lipinski definition) is 26. The SMILES string of the molecule is O=C(COCCOCCNC(=O)COCCOCCNC(=O)c1ccc(CCF)cc1)NCCOCCOCC(=O)N[C@@H](CC1=C(NC(=O)[C@H](CCCCNC(=O)c2cc(CNC(=O)c3ccc(BO)c(F)c3)cc(CNC(=O)c3ccc(B(O)O)c(F)c3)c2)NCc2cc(CNC(=O)c3ccc(B(O)O)c(F)c3)cc(CNC(=O)c3ccc(B(O)O)c(F)c3)c2)NCC1)C(=O)O. The lowest BCUT2D eigenvalue weighted by molar-refractivity contribution is -0.142. The fraction of sp³-hybridized carbons (Fsp3) is 0.360. The third-order valence-corrected chi connectivity index (χ3v) is 19.9. The number of carboxylic acid groups (broad SMARTS) is 1. The van der Waals surface area contributed by atoms with Gasteiger partial charge in [-0.25, -0.2) is 22.4 Å². The van der Waals surface area contributed by atoms with Crippen LogP contribution in [0.4, 0.5) is 22.0 Å². The minimum Gasteiger partial charge on any atom is -0.480 e. The maximum atomic E-state index is 14.8. The van der Waals surface area contributed by atoms with E-state index in [1.807, 2.05) is 0 Å². The topological polar surface area (TPSA) is 549 Å². The number of aliphatic carboxylic acids is 1. The molecular formula is C86H103B4F5N12O25. The molecule has 0 radical (unpaired) electrons. The maximum absolute atomic E-state index is 14.8. The van der Waals surface area contributed by atoms with Gasteiger partial charge in [0.25, 0.3) is 35.4 Å². The van der Waals surface area contributed by atoms with Gasteiger partial charge >= 0.3 is 34.8 Å². The van der Waals surface area contributed by atoms with Gasteiger partial charge in [-0.2, -0.15) is 0 Å². The highest BCUT2D eigenvalue weighted by Crippen LogP contribution is 2.21. The summed E-state index contributed by atoms with van der Waals surface area (Å²) in [6.45, 7) is -1.04. The lowest BCUT2D eigenvalue weighted by atomic mass is 9.79. The summed E-state index contributed by atoms with van der Waals surface area (Å²) in [5.74, 6) is -11.6. The van der Waals surface area contributed by atoms with Crippen LogP contribution in [0.2, 0.25) is 0 Å². The zero-order valence-corrected chi connectivity index (χ0v) is 71.7. The highest BCUT2D eigenvalue weighted by atomic mass is 19.1. The molecule has 7 aromatic rings. The van der Waals surface area contributed by atoms with Crippen LogP contribution >= 0.6 is 0 Å². The number of unbranched alkanes of at least 4 members (excludes halogenated alkanes) is 1. The molecule has 0 saturated heterocycles. The van der Waals surface area contributed by atoms with Crippen molar-refractivity contribution in [1.82, 2.24) is 63.8 Å². The van der Waals surface area contributed by atoms with E-state index < -0.39 is 147 Å². The van der Waals surface area contributed by atoms with E-state index in [1.54, 1.807) is 48.5 Å². The summed E-state index contributed by atoms with van der Waals surface area (Å²) in [4.78, 5) is 145. The Morgan fingerprint density at radius 1 is 0.402 bits per heavy atom. The molecule has 0 fully saturated rings. The second kappa shape index (κ2) is 55.7. The minimum absolute atomic E-state index is 0.0190. The van der Waals surface area contributed by atoms with Crippen LogP contribution < -0.4 is 85.7 Å². The number of amides is 10. The fourth-order valence-corrected chi connectivity index (χ4v) is 13.0. The summed E-state index contributed by atoms with van der Waals surface area (Å²) in [6, 6.07) is 25.7. The standard InChI is InChI=1S/C86H103B4F5N12O25/c91-18-16-52-4-6-58(7-5-52)79(111)100-23-26-129-28-31-131-50-76(109)96-21-24-127-27-30-130-49-75(108)97-22-25-128-29-32-132-51-77(110)106-74(86(118)119)43-59-17-20-98-78(59)107-85(117)73(101-44-53-33-54(45-102-81(113)61-9-13-66(88(121)122)70(93)40-61)35-55(34-53)46-103-82(114)62-10-14-67(89(123)124)71(94)41-62)3-1-2-19-99-84(116)64-37-56(47-104-80(112)60-8-12-65(87-120)69(92)39-60)36-57(38-64)48-105-83(115)63-11-15-68(90(125)126)72(95)42-63/h4-15,33-42,73-74,87,98,101,120-126H,1-3,16-32,43-51H2,(H,96,109)(H,97,108)(H,99,116)(H,100,111)(H,102,113)(H,103,114)(H,104,112)(H,105,115)(H,106,110)(H,107,117)(H,118,119)/t73-,74-/m0/s1. The van der Waals surface area contributed by atoms with Crippen molar-refractivity contribution in [2.24, 2.45) is 0 Å². The Hall–Kier alpha value is -12.4. The normalized spacial score (nSPS) is 12.0. The van der Waals surface area contributed by atoms with Gasteiger partial charge < -0.3 is 132 Å². The number of rotatable bonds is 58. The number of ether oxygens (including phenoxy) is 6. The van der Waals surface area contributed by atoms with Crippen molar-refractivity contribution in [2.45, 2.75) is 83.3 Å². The third kappa shape index (κ3) is 36.0. The van der Waals surface area contributed by atoms with Gasteiger partial charge in [0, 0.05) is 128 Å². The average Bonchev–Trinajstić information content (AvgIpc) is 1.05. The molecule has 7 aromatic carbocycles. The van der Waals surface area contributed by atoms with Crippen LogP contribution in [0.15, 0.2) is 145 Å². The van der Waals surface area contributed by atoms with Crippen LogP contribution in [0, 0.1) is 23.3 Å². The first-order chi connectivity index (χ1) is 63.4. The Labute approximate surface area is 756 Å². The van der Waals surface area contributed by atoms with E-state index in [2.05, 4.69) is 63.8 Å². The smallest absolute Gasteiger partial charge is 0.480 e. The molecule has 10 amide bonds. The average molecular weight is 1840 g/mol. The van der Waals surface area contributed by atoms with Crippen molar-refractivity contribution in [1.29, 1.82) is 0 Å². The summed E-state index contributed by atoms with van der Waals surface area (Å²) in [7, 11) is -7.12. The summed E-state index contributed by atoms with van der Waals surface area (Å²) in [5, 5.41) is 110. The van der Waals surface area contributed by atoms with Gasteiger partial charge in [0.2, 0.25) is 23.6 Å². The highest BCUT2D eigenvalue weighted by molar-refractivity contribution is 6.59. The summed E-state index contributed by atoms with van der Waals surface area (Å²) in [6.07, 6.45) is 0.632. The van der Waals surface area contributed by atoms with Crippen molar-refractivity contribution in [3.05, 3.63) is 235 Å². The predicted molar refractivity (Wildman–Crippen MR) is 470 cm³/mol. The van der Waals surface area contributed by atoms with E-state index in [0.29, 0.717) is 39.0 Å². The van der Waals surface area contributed by atoms with Crippen LogP contribution in [-0.2, 0) is 91.5 Å². The maximum Gasteiger partial charge on any atom is 0.491 e. The second-order valence-electron chi connectivity index (χ2n) is 29.8. The van der Waals surface area contributed by atoms with E-state index in [-0.39, 0.29) is 228 Å². The molecule has 0 spiro atoms. The van der Waals surface area contributed by atoms with Crippen molar-refractivity contribution < 1.29 is 143 Å². The van der Waals surface area contributed by atoms with Gasteiger partial charge in [-0.1, -0.05) is 60.7 Å². The number of carbonyl (C=O) groups excluding carboxylic acids is 10. The molecule has 2 atom stereocenters. The number of benzene rings is 7. The van der Waals surface area contributed by atoms with E-state index in [9.17, 15) is 115 Å². The Morgan fingerprint density at radius 2 is 0.788 bits per heavy atom. The zero-order chi connectivity index (χ0) is 95.4. The lowest BCUT2D eigenvalue weighted by Crippen LogP contribution is -2.46. The molecule has 1 aliphatic heterocycles. The molecule has 1 heterocycles. The highest BCUT2D eigenvalue weighted by Gasteiger charge is 2.30. The van der Waals surface area contributed by atoms with E-state index in [1.165, 1.54) is 36.4 Å². The van der Waals surface area contributed by atoms with E-state index >= 15 is 0 Å². The van der Waals surface area contributed by atoms with Crippen molar-refractivity contribution in [3.8, 4) is 0 Å². The number of halogens is 5. The van der Waals surface area contributed by atoms with Gasteiger partial charge in [-0.05, 0) is 143 Å². The van der Waals surface area contributed by atoms with Crippen LogP contribution in [0.1, 0.15) is 128 Å². The molecule has 8 rings (SSSR count). The molecule has 37 nitrogen and oxygen atoms in total. The summed E-state index contributed by atoms with van der Waals surface area (Å²) < 4.78 is 104. The molecule has 1 aliphatic rings. The monoisotopic (exact) mass is 1840 g/mol. The van der Waals surface area contributed by atoms with Gasteiger partial charge in [0.15, 0.2) is 0 Å². The first kappa shape index (κ1) is 105. The molecule has 46 heteroatoms. The van der Waals surface area contributed by atoms with Gasteiger partial charge in [0.05, 0.1) is 72.2 Å². The number of carboxylic acids is 1. The molecule has 132 heavy (non-hydrogen) atoms. The molecule has 0 unspecified atom stereocenters. The molecule has 704 valence electrons. The number of alkyl halides is 1. The molecule has 0 aromatic heterocycles. The Balaban J connectivity index is 0.838. The van der Waals surface area contributed by atoms with Crippen LogP contribution in [-0.4, -0.2) is 265 Å². The number of aryl methyl sites for hydroxylation is 1. The third-order valence-electron chi connectivity index (χ3n) is 19.9. The van der Waals surface area contributed by atoms with E-state index in [0.717, 1.165) is 54.1 Å². The quantitative estimate of drug-likeness (QED) is 0.0100. The number of hydrogen-bond donors (Lipinski definition) is 20. The number of nitrogens with one attached hydrogen (secondary N) is 12. The predicted octanol–water partition coefficient (Wildman–Crippen LogP) is -3.42. The molecule has 0 bridgehead atoms. The zero-order valence-electron chi connectivity index (χ0n) is 71.7. The van der Waals surface area contributed by atoms with Crippen LogP contribution in [0.3, 0.4) is 0 Å². The van der Waals surface area contributed by atoms with Crippen molar-refractivity contribution in [2.75, 3.05) is 119 Å². The van der Waals surface area contributed by atoms with Gasteiger partial charge in [0.1, 0.15) is 55.0 Å². The van der Waals surface area contributed by atoms with E-state index in [4.69, 9.17) is 28.4 Å². The lowest BCUT2D eigenvalue weighted by Gasteiger charge is -2.21. The second-order valence-corrected chi connectivity index (χ2v) is 29.8. The molecule has 20 N–H and O–H groups in total. The first-order valence-corrected chi connectivity index (χ1v) is 41.9. The first-order valence-electron chi connectivity index (χ1n) is 41.9. The number of carbonyl (C=O) groups is 11. The Bertz CT molecular complexity index is 5040. The van der Waals surface area contributed by atoms with Gasteiger partial charge in [-0.15, -0.1) is 0 Å². The summed E-state index contributed by atoms with van der Waals surface area (Å²) in [5.41, 5.74) is 1.38. The fourth-order valence-electron chi connectivity index (χ4n) is 13.0. The molecule has 0 saturated carbocycles. The summed E-state index contributed by atoms with van der Waals surface area (Å²) >= 11 is 0. The minimum atomic E-state index is -2.17. The van der Waals surface area contributed by atoms with Crippen molar-refractivity contribution in [3.63, 3.8) is 0 Å². The van der Waals surface area contributed by atoms with Crippen LogP contribution in [0.25, 0.3) is 0 Å². The molecule has 0 aliphatic carbocycles. The Morgan fingerprint density at radius 3 is 1.21 bits per heavy atom. The van der Waals surface area contributed by atoms with Crippen LogP contribution in [0.5, 0.6) is 0 Å². The largest absolute Gasteiger partial charge is 0.491 e.